The zero-order valence-electron chi connectivity index (χ0n) is 19.3. The van der Waals surface area contributed by atoms with Gasteiger partial charge >= 0.3 is 0 Å². The Morgan fingerprint density at radius 1 is 1.03 bits per heavy atom. The van der Waals surface area contributed by atoms with Crippen LogP contribution in [0.25, 0.3) is 10.9 Å². The predicted molar refractivity (Wildman–Crippen MR) is 136 cm³/mol. The fourth-order valence-electron chi connectivity index (χ4n) is 3.69. The zero-order chi connectivity index (χ0) is 25.8. The van der Waals surface area contributed by atoms with Gasteiger partial charge in [0.25, 0.3) is 17.2 Å². The molecule has 0 radical (unpaired) electrons. The molecule has 10 nitrogen and oxygen atoms in total. The molecule has 186 valence electrons. The van der Waals surface area contributed by atoms with E-state index in [1.807, 2.05) is 0 Å². The second kappa shape index (κ2) is 10.5. The van der Waals surface area contributed by atoms with E-state index in [1.165, 1.54) is 41.0 Å². The van der Waals surface area contributed by atoms with Crippen LogP contribution >= 0.6 is 11.8 Å². The van der Waals surface area contributed by atoms with Crippen molar-refractivity contribution < 1.29 is 18.6 Å². The number of benzene rings is 2. The zero-order valence-corrected chi connectivity index (χ0v) is 20.1. The topological polar surface area (TPSA) is 133 Å². The molecule has 3 aromatic heterocycles. The first-order valence-electron chi connectivity index (χ1n) is 11.2. The second-order valence-corrected chi connectivity index (χ2v) is 9.01. The largest absolute Gasteiger partial charge is 0.467 e. The number of aromatic nitrogens is 2. The number of nitro benzene ring substituents is 1. The molecule has 1 amide bonds. The van der Waals surface area contributed by atoms with Crippen LogP contribution in [0.3, 0.4) is 0 Å². The highest BCUT2D eigenvalue weighted by atomic mass is 32.2. The first-order chi connectivity index (χ1) is 18.0. The van der Waals surface area contributed by atoms with Crippen LogP contribution in [-0.4, -0.2) is 20.4 Å². The van der Waals surface area contributed by atoms with Crippen LogP contribution in [0, 0.1) is 10.1 Å². The lowest BCUT2D eigenvalue weighted by molar-refractivity contribution is -0.384. The van der Waals surface area contributed by atoms with Crippen molar-refractivity contribution in [3.05, 3.63) is 122 Å². The molecule has 0 aliphatic rings. The van der Waals surface area contributed by atoms with E-state index >= 15 is 0 Å². The summed E-state index contributed by atoms with van der Waals surface area (Å²) in [5.41, 5.74) is 1.32. The van der Waals surface area contributed by atoms with Crippen LogP contribution in [0.4, 0.5) is 5.69 Å². The molecule has 2 aromatic carbocycles. The maximum atomic E-state index is 13.4. The van der Waals surface area contributed by atoms with Crippen molar-refractivity contribution in [3.63, 3.8) is 0 Å². The number of non-ortho nitro benzene ring substituents is 1. The molecular formula is C26H20N4O6S. The third kappa shape index (κ3) is 5.46. The van der Waals surface area contributed by atoms with E-state index in [9.17, 15) is 19.7 Å². The van der Waals surface area contributed by atoms with Crippen molar-refractivity contribution in [2.45, 2.75) is 24.0 Å². The van der Waals surface area contributed by atoms with E-state index in [0.717, 1.165) is 5.56 Å². The number of hydrogen-bond acceptors (Lipinski definition) is 8. The minimum Gasteiger partial charge on any atom is -0.467 e. The molecule has 0 spiro atoms. The number of amides is 1. The standard InChI is InChI=1S/C26H20N4O6S/c31-24(27-14-20-3-1-11-35-20)18-7-10-22-23(13-18)28-26(29(25(22)32)15-21-4-2-12-36-21)37-16-17-5-8-19(9-6-17)30(33)34/h1-13H,14-16H2,(H,27,31). The van der Waals surface area contributed by atoms with Gasteiger partial charge in [-0.3, -0.25) is 24.3 Å². The summed E-state index contributed by atoms with van der Waals surface area (Å²) in [6.45, 7) is 0.418. The molecule has 5 aromatic rings. The molecule has 0 bridgehead atoms. The maximum Gasteiger partial charge on any atom is 0.269 e. The van der Waals surface area contributed by atoms with Crippen LogP contribution < -0.4 is 10.9 Å². The van der Waals surface area contributed by atoms with Gasteiger partial charge in [-0.2, -0.15) is 0 Å². The fraction of sp³-hybridized carbons (Fsp3) is 0.115. The monoisotopic (exact) mass is 516 g/mol. The van der Waals surface area contributed by atoms with Crippen molar-refractivity contribution in [3.8, 4) is 0 Å². The van der Waals surface area contributed by atoms with E-state index < -0.39 is 4.92 Å². The van der Waals surface area contributed by atoms with Gasteiger partial charge in [-0.05, 0) is 48.0 Å². The lowest BCUT2D eigenvalue weighted by Crippen LogP contribution is -2.25. The first-order valence-corrected chi connectivity index (χ1v) is 12.2. The van der Waals surface area contributed by atoms with Gasteiger partial charge in [-0.15, -0.1) is 0 Å². The van der Waals surface area contributed by atoms with Crippen LogP contribution in [0.5, 0.6) is 0 Å². The summed E-state index contributed by atoms with van der Waals surface area (Å²) >= 11 is 1.32. The van der Waals surface area contributed by atoms with Gasteiger partial charge in [0.05, 0.1) is 41.4 Å². The summed E-state index contributed by atoms with van der Waals surface area (Å²) in [6, 6.07) is 18.0. The van der Waals surface area contributed by atoms with Crippen molar-refractivity contribution in [1.82, 2.24) is 14.9 Å². The molecule has 0 saturated heterocycles. The van der Waals surface area contributed by atoms with Crippen molar-refractivity contribution in [2.24, 2.45) is 0 Å². The smallest absolute Gasteiger partial charge is 0.269 e. The number of nitrogens with one attached hydrogen (secondary N) is 1. The summed E-state index contributed by atoms with van der Waals surface area (Å²) in [6.07, 6.45) is 3.07. The summed E-state index contributed by atoms with van der Waals surface area (Å²) < 4.78 is 12.2. The highest BCUT2D eigenvalue weighted by molar-refractivity contribution is 7.98. The van der Waals surface area contributed by atoms with E-state index in [4.69, 9.17) is 13.8 Å². The Kier molecular flexibility index (Phi) is 6.86. The Hall–Kier alpha value is -4.64. The van der Waals surface area contributed by atoms with E-state index in [-0.39, 0.29) is 30.2 Å². The van der Waals surface area contributed by atoms with Crippen molar-refractivity contribution in [1.29, 1.82) is 0 Å². The number of carbonyl (C=O) groups excluding carboxylic acids is 1. The minimum absolute atomic E-state index is 0.00478. The maximum absolute atomic E-state index is 13.4. The highest BCUT2D eigenvalue weighted by Gasteiger charge is 2.16. The quantitative estimate of drug-likeness (QED) is 0.128. The van der Waals surface area contributed by atoms with Gasteiger partial charge in [0, 0.05) is 23.4 Å². The van der Waals surface area contributed by atoms with Gasteiger partial charge in [0.2, 0.25) is 0 Å². The average molecular weight is 517 g/mol. The third-order valence-electron chi connectivity index (χ3n) is 5.59. The lowest BCUT2D eigenvalue weighted by Gasteiger charge is -2.13. The van der Waals surface area contributed by atoms with Gasteiger partial charge in [0.1, 0.15) is 11.5 Å². The third-order valence-corrected chi connectivity index (χ3v) is 6.64. The molecule has 0 aliphatic heterocycles. The van der Waals surface area contributed by atoms with Crippen LogP contribution in [0.1, 0.15) is 27.4 Å². The Balaban J connectivity index is 1.45. The first kappa shape index (κ1) is 24.1. The predicted octanol–water partition coefficient (Wildman–Crippen LogP) is 4.76. The summed E-state index contributed by atoms with van der Waals surface area (Å²) in [4.78, 5) is 41.3. The van der Waals surface area contributed by atoms with Crippen molar-refractivity contribution in [2.75, 3.05) is 0 Å². The molecule has 3 heterocycles. The number of furan rings is 2. The van der Waals surface area contributed by atoms with Gasteiger partial charge in [0.15, 0.2) is 5.16 Å². The van der Waals surface area contributed by atoms with Gasteiger partial charge in [-0.25, -0.2) is 4.98 Å². The fourth-order valence-corrected chi connectivity index (χ4v) is 4.65. The summed E-state index contributed by atoms with van der Waals surface area (Å²) in [7, 11) is 0. The Morgan fingerprint density at radius 3 is 2.43 bits per heavy atom. The van der Waals surface area contributed by atoms with Crippen LogP contribution in [-0.2, 0) is 18.8 Å². The normalized spacial score (nSPS) is 11.0. The molecule has 5 rings (SSSR count). The number of thioether (sulfide) groups is 1. The molecular weight excluding hydrogens is 496 g/mol. The average Bonchev–Trinajstić information content (AvgIpc) is 3.62. The second-order valence-electron chi connectivity index (χ2n) is 8.07. The minimum atomic E-state index is -0.453. The molecule has 0 saturated carbocycles. The number of fused-ring (bicyclic) bond motifs is 1. The highest BCUT2D eigenvalue weighted by Crippen LogP contribution is 2.25. The molecule has 11 heteroatoms. The Labute approximate surface area is 214 Å². The summed E-state index contributed by atoms with van der Waals surface area (Å²) in [5.74, 6) is 1.32. The molecule has 0 fully saturated rings. The number of nitrogens with zero attached hydrogens (tertiary/aromatic N) is 3. The van der Waals surface area contributed by atoms with Gasteiger partial charge in [-0.1, -0.05) is 23.9 Å². The molecule has 0 atom stereocenters. The Morgan fingerprint density at radius 2 is 1.76 bits per heavy atom. The number of rotatable bonds is 9. The van der Waals surface area contributed by atoms with E-state index in [0.29, 0.717) is 38.9 Å². The molecule has 1 N–H and O–H groups in total. The Bertz CT molecular complexity index is 1610. The van der Waals surface area contributed by atoms with Crippen LogP contribution in [0.2, 0.25) is 0 Å². The molecule has 0 unspecified atom stereocenters. The molecule has 0 aliphatic carbocycles. The van der Waals surface area contributed by atoms with E-state index in [2.05, 4.69) is 5.32 Å². The number of nitro groups is 1. The van der Waals surface area contributed by atoms with Gasteiger partial charge < -0.3 is 14.2 Å². The molecule has 37 heavy (non-hydrogen) atoms. The van der Waals surface area contributed by atoms with Crippen LogP contribution in [0.15, 0.2) is 98.0 Å². The lowest BCUT2D eigenvalue weighted by atomic mass is 10.1. The van der Waals surface area contributed by atoms with Crippen molar-refractivity contribution >= 4 is 34.3 Å². The number of carbonyl (C=O) groups is 1. The SMILES string of the molecule is O=C(NCc1ccco1)c1ccc2c(=O)n(Cc3ccco3)c(SCc3ccc([N+](=O)[O-])cc3)nc2c1. The number of hydrogen-bond donors (Lipinski definition) is 1. The summed E-state index contributed by atoms with van der Waals surface area (Å²) in [5, 5.41) is 14.5. The van der Waals surface area contributed by atoms with E-state index in [1.54, 1.807) is 54.6 Å².